The lowest BCUT2D eigenvalue weighted by Gasteiger charge is -2.49. The number of nitrogens with zero attached hydrogens (tertiary/aromatic N) is 3. The molecule has 4 rings (SSSR count). The second-order valence-electron chi connectivity index (χ2n) is 6.72. The molecule has 1 saturated heterocycles. The summed E-state index contributed by atoms with van der Waals surface area (Å²) in [6.45, 7) is 4.77. The standard InChI is InChI=1S/C18H23N3O3/c1-13(21-10-11-23-18(12-21)8-3-9-18)17-19-16(20-24-17)14-4-6-15(22-2)7-5-14/h4-7,13H,3,8-12H2,1-2H3. The van der Waals surface area contributed by atoms with Gasteiger partial charge in [0.1, 0.15) is 5.75 Å². The first-order valence-corrected chi connectivity index (χ1v) is 8.55. The Balaban J connectivity index is 1.49. The van der Waals surface area contributed by atoms with E-state index in [2.05, 4.69) is 22.0 Å². The molecule has 6 nitrogen and oxygen atoms in total. The quantitative estimate of drug-likeness (QED) is 0.859. The average Bonchev–Trinajstić information content (AvgIpc) is 3.10. The van der Waals surface area contributed by atoms with Crippen LogP contribution in [0, 0.1) is 0 Å². The molecule has 0 bridgehead atoms. The van der Waals surface area contributed by atoms with Gasteiger partial charge in [-0.25, -0.2) is 0 Å². The van der Waals surface area contributed by atoms with Gasteiger partial charge in [-0.2, -0.15) is 4.98 Å². The number of methoxy groups -OCH3 is 1. The molecule has 0 N–H and O–H groups in total. The normalized spacial score (nSPS) is 21.4. The zero-order chi connectivity index (χ0) is 16.6. The highest BCUT2D eigenvalue weighted by Crippen LogP contribution is 2.40. The van der Waals surface area contributed by atoms with E-state index in [1.54, 1.807) is 7.11 Å². The highest BCUT2D eigenvalue weighted by molar-refractivity contribution is 5.55. The van der Waals surface area contributed by atoms with Gasteiger partial charge in [0.25, 0.3) is 0 Å². The molecule has 2 fully saturated rings. The maximum Gasteiger partial charge on any atom is 0.244 e. The summed E-state index contributed by atoms with van der Waals surface area (Å²) in [6, 6.07) is 7.78. The molecule has 1 saturated carbocycles. The summed E-state index contributed by atoms with van der Waals surface area (Å²) in [5.74, 6) is 2.10. The van der Waals surface area contributed by atoms with Crippen LogP contribution in [0.15, 0.2) is 28.8 Å². The molecule has 2 aromatic rings. The molecule has 24 heavy (non-hydrogen) atoms. The number of benzene rings is 1. The fourth-order valence-corrected chi connectivity index (χ4v) is 3.50. The summed E-state index contributed by atoms with van der Waals surface area (Å²) in [7, 11) is 1.65. The van der Waals surface area contributed by atoms with Gasteiger partial charge in [-0.1, -0.05) is 5.16 Å². The first kappa shape index (κ1) is 15.6. The van der Waals surface area contributed by atoms with Crippen molar-refractivity contribution in [3.63, 3.8) is 0 Å². The molecule has 1 atom stereocenters. The molecule has 0 amide bonds. The molecule has 1 spiro atoms. The Labute approximate surface area is 141 Å². The second-order valence-corrected chi connectivity index (χ2v) is 6.72. The van der Waals surface area contributed by atoms with Crippen molar-refractivity contribution in [3.8, 4) is 17.1 Å². The number of rotatable bonds is 4. The van der Waals surface area contributed by atoms with Crippen LogP contribution >= 0.6 is 0 Å². The molecular formula is C18H23N3O3. The predicted octanol–water partition coefficient (Wildman–Crippen LogP) is 3.06. The van der Waals surface area contributed by atoms with E-state index in [4.69, 9.17) is 14.0 Å². The van der Waals surface area contributed by atoms with E-state index in [1.807, 2.05) is 24.3 Å². The molecule has 2 heterocycles. The van der Waals surface area contributed by atoms with Crippen LogP contribution in [0.1, 0.15) is 38.1 Å². The summed E-state index contributed by atoms with van der Waals surface area (Å²) in [4.78, 5) is 7.00. The van der Waals surface area contributed by atoms with Crippen molar-refractivity contribution in [2.45, 2.75) is 37.8 Å². The SMILES string of the molecule is COc1ccc(-c2noc(C(C)N3CCOC4(CCC4)C3)n2)cc1. The minimum absolute atomic E-state index is 0.0747. The molecule has 2 aliphatic rings. The molecule has 1 aromatic heterocycles. The minimum atomic E-state index is 0.0747. The van der Waals surface area contributed by atoms with Crippen molar-refractivity contribution in [2.75, 3.05) is 26.8 Å². The van der Waals surface area contributed by atoms with Crippen LogP contribution in [0.4, 0.5) is 0 Å². The smallest absolute Gasteiger partial charge is 0.244 e. The van der Waals surface area contributed by atoms with E-state index in [0.29, 0.717) is 11.7 Å². The summed E-state index contributed by atoms with van der Waals surface area (Å²) in [5, 5.41) is 4.14. The van der Waals surface area contributed by atoms with Gasteiger partial charge in [0.15, 0.2) is 0 Å². The Morgan fingerprint density at radius 2 is 2.04 bits per heavy atom. The van der Waals surface area contributed by atoms with Crippen LogP contribution in [0.5, 0.6) is 5.75 Å². The van der Waals surface area contributed by atoms with Crippen LogP contribution in [0.2, 0.25) is 0 Å². The van der Waals surface area contributed by atoms with E-state index >= 15 is 0 Å². The van der Waals surface area contributed by atoms with Gasteiger partial charge in [-0.05, 0) is 50.5 Å². The summed E-state index contributed by atoms with van der Waals surface area (Å²) in [6.07, 6.45) is 3.60. The van der Waals surface area contributed by atoms with Gasteiger partial charge in [0.05, 0.1) is 25.4 Å². The van der Waals surface area contributed by atoms with Crippen molar-refractivity contribution in [1.82, 2.24) is 15.0 Å². The van der Waals surface area contributed by atoms with Gasteiger partial charge >= 0.3 is 0 Å². The van der Waals surface area contributed by atoms with Crippen molar-refractivity contribution < 1.29 is 14.0 Å². The summed E-state index contributed by atoms with van der Waals surface area (Å²) < 4.78 is 16.7. The Morgan fingerprint density at radius 1 is 1.25 bits per heavy atom. The number of morpholine rings is 1. The lowest BCUT2D eigenvalue weighted by Crippen LogP contribution is -2.56. The van der Waals surface area contributed by atoms with Crippen molar-refractivity contribution in [2.24, 2.45) is 0 Å². The van der Waals surface area contributed by atoms with Gasteiger partial charge < -0.3 is 14.0 Å². The molecule has 1 aliphatic carbocycles. The number of aromatic nitrogens is 2. The van der Waals surface area contributed by atoms with Crippen LogP contribution in [-0.4, -0.2) is 47.4 Å². The summed E-state index contributed by atoms with van der Waals surface area (Å²) >= 11 is 0. The maximum absolute atomic E-state index is 5.99. The number of ether oxygens (including phenoxy) is 2. The van der Waals surface area contributed by atoms with Gasteiger partial charge in [0, 0.05) is 18.7 Å². The van der Waals surface area contributed by atoms with Crippen molar-refractivity contribution >= 4 is 0 Å². The second kappa shape index (κ2) is 6.18. The first-order valence-electron chi connectivity index (χ1n) is 8.55. The highest BCUT2D eigenvalue weighted by Gasteiger charge is 2.43. The zero-order valence-corrected chi connectivity index (χ0v) is 14.2. The van der Waals surface area contributed by atoms with Crippen LogP contribution in [0.3, 0.4) is 0 Å². The molecular weight excluding hydrogens is 306 g/mol. The Bertz CT molecular complexity index is 694. The van der Waals surface area contributed by atoms with Crippen molar-refractivity contribution in [3.05, 3.63) is 30.2 Å². The number of hydrogen-bond acceptors (Lipinski definition) is 6. The van der Waals surface area contributed by atoms with E-state index in [1.165, 1.54) is 6.42 Å². The maximum atomic E-state index is 5.99. The fourth-order valence-electron chi connectivity index (χ4n) is 3.50. The zero-order valence-electron chi connectivity index (χ0n) is 14.2. The van der Waals surface area contributed by atoms with Crippen LogP contribution in [-0.2, 0) is 4.74 Å². The molecule has 1 aromatic carbocycles. The molecule has 0 radical (unpaired) electrons. The lowest BCUT2D eigenvalue weighted by atomic mass is 9.78. The lowest BCUT2D eigenvalue weighted by molar-refractivity contribution is -0.159. The Kier molecular flexibility index (Phi) is 4.02. The Morgan fingerprint density at radius 3 is 2.71 bits per heavy atom. The fraction of sp³-hybridized carbons (Fsp3) is 0.556. The van der Waals surface area contributed by atoms with E-state index in [9.17, 15) is 0 Å². The molecule has 6 heteroatoms. The summed E-state index contributed by atoms with van der Waals surface area (Å²) in [5.41, 5.74) is 1.00. The van der Waals surface area contributed by atoms with Crippen LogP contribution < -0.4 is 4.74 Å². The molecule has 128 valence electrons. The van der Waals surface area contributed by atoms with Gasteiger partial charge in [0.2, 0.25) is 11.7 Å². The first-order chi connectivity index (χ1) is 11.7. The van der Waals surface area contributed by atoms with Gasteiger partial charge in [-0.3, -0.25) is 4.90 Å². The minimum Gasteiger partial charge on any atom is -0.497 e. The monoisotopic (exact) mass is 329 g/mol. The third-order valence-corrected chi connectivity index (χ3v) is 5.24. The topological polar surface area (TPSA) is 60.6 Å². The largest absolute Gasteiger partial charge is 0.497 e. The highest BCUT2D eigenvalue weighted by atomic mass is 16.5. The van der Waals surface area contributed by atoms with E-state index in [0.717, 1.165) is 43.9 Å². The Hall–Kier alpha value is -1.92. The predicted molar refractivity (Wildman–Crippen MR) is 88.8 cm³/mol. The number of hydrogen-bond donors (Lipinski definition) is 0. The molecule has 1 aliphatic heterocycles. The average molecular weight is 329 g/mol. The third kappa shape index (κ3) is 2.80. The van der Waals surface area contributed by atoms with E-state index in [-0.39, 0.29) is 11.6 Å². The van der Waals surface area contributed by atoms with Crippen molar-refractivity contribution in [1.29, 1.82) is 0 Å². The van der Waals surface area contributed by atoms with E-state index < -0.39 is 0 Å². The van der Waals surface area contributed by atoms with Gasteiger partial charge in [-0.15, -0.1) is 0 Å². The molecule has 1 unspecified atom stereocenters. The third-order valence-electron chi connectivity index (χ3n) is 5.24. The van der Waals surface area contributed by atoms with Crippen LogP contribution in [0.25, 0.3) is 11.4 Å².